The van der Waals surface area contributed by atoms with Gasteiger partial charge in [0.1, 0.15) is 0 Å². The van der Waals surface area contributed by atoms with E-state index in [0.717, 1.165) is 29.7 Å². The van der Waals surface area contributed by atoms with Gasteiger partial charge in [-0.15, -0.1) is 0 Å². The van der Waals surface area contributed by atoms with Gasteiger partial charge in [-0.3, -0.25) is 9.59 Å². The molecule has 0 bridgehead atoms. The van der Waals surface area contributed by atoms with E-state index in [1.165, 1.54) is 0 Å². The van der Waals surface area contributed by atoms with Gasteiger partial charge in [-0.05, 0) is 54.3 Å². The van der Waals surface area contributed by atoms with Crippen LogP contribution >= 0.6 is 11.6 Å². The fourth-order valence-corrected chi connectivity index (χ4v) is 3.14. The Kier molecular flexibility index (Phi) is 5.39. The van der Waals surface area contributed by atoms with Gasteiger partial charge in [0.05, 0.1) is 0 Å². The van der Waals surface area contributed by atoms with Crippen molar-refractivity contribution in [2.45, 2.75) is 32.7 Å². The monoisotopic (exact) mass is 356 g/mol. The van der Waals surface area contributed by atoms with Crippen LogP contribution < -0.4 is 10.2 Å². The lowest BCUT2D eigenvalue weighted by Crippen LogP contribution is -2.29. The van der Waals surface area contributed by atoms with Crippen molar-refractivity contribution in [3.8, 4) is 0 Å². The summed E-state index contributed by atoms with van der Waals surface area (Å²) in [4.78, 5) is 26.2. The maximum Gasteiger partial charge on any atom is 0.258 e. The van der Waals surface area contributed by atoms with Gasteiger partial charge in [0, 0.05) is 35.8 Å². The van der Waals surface area contributed by atoms with E-state index >= 15 is 0 Å². The van der Waals surface area contributed by atoms with Crippen LogP contribution in [0.3, 0.4) is 0 Å². The van der Waals surface area contributed by atoms with E-state index in [1.54, 1.807) is 29.2 Å². The quantitative estimate of drug-likeness (QED) is 0.881. The molecule has 2 aromatic carbocycles. The number of fused-ring (bicyclic) bond motifs is 1. The summed E-state index contributed by atoms with van der Waals surface area (Å²) < 4.78 is 0. The zero-order valence-corrected chi connectivity index (χ0v) is 15.0. The molecular weight excluding hydrogens is 336 g/mol. The summed E-state index contributed by atoms with van der Waals surface area (Å²) in [6, 6.07) is 13.0. The highest BCUT2D eigenvalue weighted by atomic mass is 35.5. The topological polar surface area (TPSA) is 49.4 Å². The Morgan fingerprint density at radius 3 is 2.64 bits per heavy atom. The Morgan fingerprint density at radius 2 is 1.92 bits per heavy atom. The van der Waals surface area contributed by atoms with Crippen LogP contribution in [0.4, 0.5) is 5.69 Å². The summed E-state index contributed by atoms with van der Waals surface area (Å²) >= 11 is 5.90. The Labute approximate surface area is 152 Å². The summed E-state index contributed by atoms with van der Waals surface area (Å²) in [5, 5.41) is 3.53. The largest absolute Gasteiger partial charge is 0.352 e. The molecule has 0 radical (unpaired) electrons. The Hall–Kier alpha value is -2.33. The average molecular weight is 357 g/mol. The molecule has 3 rings (SSSR count). The highest BCUT2D eigenvalue weighted by molar-refractivity contribution is 6.30. The van der Waals surface area contributed by atoms with Crippen LogP contribution in [0.1, 0.15) is 41.3 Å². The molecule has 25 heavy (non-hydrogen) atoms. The first-order valence-electron chi connectivity index (χ1n) is 8.54. The van der Waals surface area contributed by atoms with E-state index in [2.05, 4.69) is 5.32 Å². The van der Waals surface area contributed by atoms with Crippen LogP contribution in [0.5, 0.6) is 0 Å². The molecule has 0 fully saturated rings. The second-order valence-corrected chi connectivity index (χ2v) is 6.64. The molecule has 0 saturated heterocycles. The lowest BCUT2D eigenvalue weighted by Gasteiger charge is -2.18. The molecule has 5 heteroatoms. The molecule has 4 nitrogen and oxygen atoms in total. The number of hydrogen-bond acceptors (Lipinski definition) is 2. The second-order valence-electron chi connectivity index (χ2n) is 6.20. The molecule has 1 aliphatic rings. The van der Waals surface area contributed by atoms with Gasteiger partial charge in [-0.25, -0.2) is 0 Å². The minimum Gasteiger partial charge on any atom is -0.352 e. The van der Waals surface area contributed by atoms with Crippen molar-refractivity contribution in [1.29, 1.82) is 0 Å². The molecular formula is C20H21ClN2O2. The Morgan fingerprint density at radius 1 is 1.16 bits per heavy atom. The molecule has 2 aromatic rings. The molecule has 0 aliphatic carbocycles. The maximum absolute atomic E-state index is 12.8. The molecule has 1 aliphatic heterocycles. The van der Waals surface area contributed by atoms with Crippen molar-refractivity contribution in [2.75, 3.05) is 11.4 Å². The van der Waals surface area contributed by atoms with E-state index in [4.69, 9.17) is 11.6 Å². The number of carbonyl (C=O) groups excluding carboxylic acids is 2. The number of nitrogens with zero attached hydrogens (tertiary/aromatic N) is 1. The van der Waals surface area contributed by atoms with Gasteiger partial charge in [-0.2, -0.15) is 0 Å². The number of benzene rings is 2. The van der Waals surface area contributed by atoms with Gasteiger partial charge >= 0.3 is 0 Å². The number of carbonyl (C=O) groups is 2. The molecule has 1 heterocycles. The smallest absolute Gasteiger partial charge is 0.258 e. The van der Waals surface area contributed by atoms with Crippen molar-refractivity contribution in [2.24, 2.45) is 0 Å². The Balaban J connectivity index is 1.76. The molecule has 2 amide bonds. The fourth-order valence-electron chi connectivity index (χ4n) is 3.01. The highest BCUT2D eigenvalue weighted by Crippen LogP contribution is 2.30. The van der Waals surface area contributed by atoms with E-state index in [1.807, 2.05) is 25.1 Å². The zero-order valence-electron chi connectivity index (χ0n) is 14.2. The lowest BCUT2D eigenvalue weighted by atomic mass is 10.1. The molecule has 0 saturated carbocycles. The van der Waals surface area contributed by atoms with E-state index in [9.17, 15) is 9.59 Å². The van der Waals surface area contributed by atoms with Crippen molar-refractivity contribution in [3.63, 3.8) is 0 Å². The number of hydrogen-bond donors (Lipinski definition) is 1. The third-order valence-electron chi connectivity index (χ3n) is 4.35. The molecule has 0 spiro atoms. The predicted molar refractivity (Wildman–Crippen MR) is 100 cm³/mol. The molecule has 0 atom stereocenters. The normalized spacial score (nSPS) is 12.8. The first kappa shape index (κ1) is 17.5. The van der Waals surface area contributed by atoms with Crippen LogP contribution in [-0.4, -0.2) is 18.4 Å². The van der Waals surface area contributed by atoms with Gasteiger partial charge < -0.3 is 10.2 Å². The van der Waals surface area contributed by atoms with E-state index in [0.29, 0.717) is 30.1 Å². The standard InChI is InChI=1S/C20H21ClN2O2/c1-2-3-19(24)22-13-14-4-5-15-10-11-23(18(15)12-14)20(25)16-6-8-17(21)9-7-16/h4-9,12H,2-3,10-11,13H2,1H3,(H,22,24). The summed E-state index contributed by atoms with van der Waals surface area (Å²) in [5.41, 5.74) is 3.71. The molecule has 130 valence electrons. The van der Waals surface area contributed by atoms with Gasteiger partial charge in [-0.1, -0.05) is 30.7 Å². The van der Waals surface area contributed by atoms with Gasteiger partial charge in [0.15, 0.2) is 0 Å². The first-order chi connectivity index (χ1) is 12.1. The number of nitrogens with one attached hydrogen (secondary N) is 1. The maximum atomic E-state index is 12.8. The molecule has 0 aromatic heterocycles. The van der Waals surface area contributed by atoms with Gasteiger partial charge in [0.25, 0.3) is 5.91 Å². The van der Waals surface area contributed by atoms with Crippen LogP contribution in [0.15, 0.2) is 42.5 Å². The minimum atomic E-state index is -0.0254. The van der Waals surface area contributed by atoms with Gasteiger partial charge in [0.2, 0.25) is 5.91 Å². The predicted octanol–water partition coefficient (Wildman–Crippen LogP) is 3.96. The highest BCUT2D eigenvalue weighted by Gasteiger charge is 2.25. The third kappa shape index (κ3) is 4.02. The fraction of sp³-hybridized carbons (Fsp3) is 0.300. The number of amides is 2. The number of halogens is 1. The average Bonchev–Trinajstić information content (AvgIpc) is 3.03. The van der Waals surface area contributed by atoms with Crippen molar-refractivity contribution in [3.05, 3.63) is 64.2 Å². The number of anilines is 1. The van der Waals surface area contributed by atoms with Crippen molar-refractivity contribution >= 4 is 29.1 Å². The van der Waals surface area contributed by atoms with E-state index < -0.39 is 0 Å². The van der Waals surface area contributed by atoms with Crippen molar-refractivity contribution < 1.29 is 9.59 Å². The summed E-state index contributed by atoms with van der Waals surface area (Å²) in [6.45, 7) is 3.13. The minimum absolute atomic E-state index is 0.0254. The SMILES string of the molecule is CCCC(=O)NCc1ccc2c(c1)N(C(=O)c1ccc(Cl)cc1)CC2. The van der Waals surface area contributed by atoms with Crippen molar-refractivity contribution in [1.82, 2.24) is 5.32 Å². The van der Waals surface area contributed by atoms with Crippen LogP contribution in [0, 0.1) is 0 Å². The molecule has 0 unspecified atom stereocenters. The summed E-state index contributed by atoms with van der Waals surface area (Å²) in [7, 11) is 0. The number of rotatable bonds is 5. The van der Waals surface area contributed by atoms with E-state index in [-0.39, 0.29) is 11.8 Å². The summed E-state index contributed by atoms with van der Waals surface area (Å²) in [6.07, 6.45) is 2.21. The zero-order chi connectivity index (χ0) is 17.8. The van der Waals surface area contributed by atoms with Crippen LogP contribution in [0.25, 0.3) is 0 Å². The first-order valence-corrected chi connectivity index (χ1v) is 8.92. The Bertz CT molecular complexity index is 787. The second kappa shape index (κ2) is 7.70. The molecule has 1 N–H and O–H groups in total. The lowest BCUT2D eigenvalue weighted by molar-refractivity contribution is -0.121. The van der Waals surface area contributed by atoms with Crippen LogP contribution in [-0.2, 0) is 17.8 Å². The third-order valence-corrected chi connectivity index (χ3v) is 4.60. The summed E-state index contributed by atoms with van der Waals surface area (Å²) in [5.74, 6) is 0.0275. The van der Waals surface area contributed by atoms with Crippen LogP contribution in [0.2, 0.25) is 5.02 Å².